The molecule has 0 aliphatic heterocycles. The van der Waals surface area contributed by atoms with Gasteiger partial charge in [-0.2, -0.15) is 0 Å². The molecule has 2 aromatic carbocycles. The summed E-state index contributed by atoms with van der Waals surface area (Å²) < 4.78 is 0. The third kappa shape index (κ3) is 3.64. The van der Waals surface area contributed by atoms with E-state index >= 15 is 0 Å². The molecule has 0 spiro atoms. The number of aliphatic carboxylic acids is 1. The van der Waals surface area contributed by atoms with Crippen molar-refractivity contribution in [3.63, 3.8) is 0 Å². The third-order valence-corrected chi connectivity index (χ3v) is 4.99. The van der Waals surface area contributed by atoms with Crippen molar-refractivity contribution in [1.29, 1.82) is 0 Å². The van der Waals surface area contributed by atoms with E-state index in [1.807, 2.05) is 60.7 Å². The van der Waals surface area contributed by atoms with Crippen molar-refractivity contribution >= 4 is 24.7 Å². The summed E-state index contributed by atoms with van der Waals surface area (Å²) in [5, 5.41) is 23.4. The van der Waals surface area contributed by atoms with Crippen LogP contribution in [0.2, 0.25) is 0 Å². The number of hydrogen-bond acceptors (Lipinski definition) is 3. The van der Waals surface area contributed by atoms with Gasteiger partial charge >= 0.3 is 5.97 Å². The molecule has 2 rings (SSSR count). The van der Waals surface area contributed by atoms with Gasteiger partial charge in [0.15, 0.2) is 0 Å². The van der Waals surface area contributed by atoms with E-state index in [2.05, 4.69) is 5.09 Å². The molecule has 104 valence electrons. The molecule has 0 aromatic heterocycles. The zero-order valence-electron chi connectivity index (χ0n) is 10.8. The predicted molar refractivity (Wildman–Crippen MR) is 80.7 cm³/mol. The Kier molecular flexibility index (Phi) is 5.24. The topological polar surface area (TPSA) is 69.6 Å². The average molecular weight is 289 g/mol. The molecule has 0 heterocycles. The summed E-state index contributed by atoms with van der Waals surface area (Å²) in [6.45, 7) is -0.437. The maximum Gasteiger partial charge on any atom is 0.323 e. The fraction of sp³-hybridized carbons (Fsp3) is 0.133. The standard InChI is InChI=1S/C15H16NO3P/c17-11-14(15(18)19)16-20(12-7-3-1-4-8-12)13-9-5-2-6-10-13/h1-10,14,16-17H,11H2,(H,18,19)/t14-/m0/s1. The molecular formula is C15H16NO3P. The van der Waals surface area contributed by atoms with Crippen LogP contribution in [0, 0.1) is 0 Å². The number of carboxylic acid groups (broad SMARTS) is 1. The van der Waals surface area contributed by atoms with Gasteiger partial charge in [-0.15, -0.1) is 0 Å². The van der Waals surface area contributed by atoms with Gasteiger partial charge in [0.25, 0.3) is 0 Å². The maximum absolute atomic E-state index is 11.1. The molecule has 0 aliphatic carbocycles. The van der Waals surface area contributed by atoms with Crippen LogP contribution < -0.4 is 15.7 Å². The Bertz CT molecular complexity index is 508. The zero-order chi connectivity index (χ0) is 14.4. The van der Waals surface area contributed by atoms with Gasteiger partial charge in [-0.05, 0) is 10.6 Å². The molecule has 0 saturated heterocycles. The summed E-state index contributed by atoms with van der Waals surface area (Å²) in [4.78, 5) is 11.1. The van der Waals surface area contributed by atoms with Crippen LogP contribution in [0.15, 0.2) is 60.7 Å². The summed E-state index contributed by atoms with van der Waals surface area (Å²) >= 11 is 0. The van der Waals surface area contributed by atoms with Crippen LogP contribution in [-0.4, -0.2) is 28.8 Å². The van der Waals surface area contributed by atoms with E-state index < -0.39 is 26.7 Å². The number of hydrogen-bond donors (Lipinski definition) is 3. The van der Waals surface area contributed by atoms with Crippen LogP contribution in [-0.2, 0) is 4.79 Å². The van der Waals surface area contributed by atoms with Crippen molar-refractivity contribution in [2.45, 2.75) is 6.04 Å². The van der Waals surface area contributed by atoms with Crippen LogP contribution in [0.5, 0.6) is 0 Å². The van der Waals surface area contributed by atoms with E-state index in [1.54, 1.807) is 0 Å². The van der Waals surface area contributed by atoms with Crippen molar-refractivity contribution in [3.8, 4) is 0 Å². The molecular weight excluding hydrogens is 273 g/mol. The van der Waals surface area contributed by atoms with Gasteiger partial charge in [-0.3, -0.25) is 9.88 Å². The number of nitrogens with one attached hydrogen (secondary N) is 1. The smallest absolute Gasteiger partial charge is 0.323 e. The Balaban J connectivity index is 2.32. The summed E-state index contributed by atoms with van der Waals surface area (Å²) in [7, 11) is -1.02. The van der Waals surface area contributed by atoms with Crippen molar-refractivity contribution in [2.24, 2.45) is 0 Å². The molecule has 0 unspecified atom stereocenters. The SMILES string of the molecule is O=C(O)[C@H](CO)NP(c1ccccc1)c1ccccc1. The summed E-state index contributed by atoms with van der Waals surface area (Å²) in [6, 6.07) is 18.4. The monoisotopic (exact) mass is 289 g/mol. The molecule has 0 saturated carbocycles. The number of carbonyl (C=O) groups is 1. The zero-order valence-corrected chi connectivity index (χ0v) is 11.7. The van der Waals surface area contributed by atoms with Gasteiger partial charge in [-0.25, -0.2) is 0 Å². The first-order valence-electron chi connectivity index (χ1n) is 6.22. The lowest BCUT2D eigenvalue weighted by Crippen LogP contribution is -2.40. The van der Waals surface area contributed by atoms with Gasteiger partial charge in [0.1, 0.15) is 6.04 Å². The van der Waals surface area contributed by atoms with E-state index in [0.717, 1.165) is 10.6 Å². The molecule has 0 radical (unpaired) electrons. The minimum atomic E-state index is -1.05. The number of carboxylic acids is 1. The normalized spacial score (nSPS) is 12.3. The number of rotatable bonds is 6. The highest BCUT2D eigenvalue weighted by molar-refractivity contribution is 7.71. The summed E-state index contributed by atoms with van der Waals surface area (Å²) in [6.07, 6.45) is 0. The number of benzene rings is 2. The highest BCUT2D eigenvalue weighted by Crippen LogP contribution is 2.29. The van der Waals surface area contributed by atoms with Crippen molar-refractivity contribution < 1.29 is 15.0 Å². The van der Waals surface area contributed by atoms with Gasteiger partial charge in [0.05, 0.1) is 6.61 Å². The molecule has 0 amide bonds. The molecule has 0 aliphatic rings. The first-order chi connectivity index (χ1) is 9.72. The van der Waals surface area contributed by atoms with E-state index in [4.69, 9.17) is 5.11 Å². The van der Waals surface area contributed by atoms with Crippen molar-refractivity contribution in [3.05, 3.63) is 60.7 Å². The van der Waals surface area contributed by atoms with Gasteiger partial charge in [-0.1, -0.05) is 60.7 Å². The Labute approximate surface area is 118 Å². The minimum absolute atomic E-state index is 0.437. The van der Waals surface area contributed by atoms with Crippen LogP contribution in [0.3, 0.4) is 0 Å². The van der Waals surface area contributed by atoms with Crippen molar-refractivity contribution in [2.75, 3.05) is 6.61 Å². The summed E-state index contributed by atoms with van der Waals surface area (Å²) in [5.74, 6) is -1.05. The van der Waals surface area contributed by atoms with E-state index in [1.165, 1.54) is 0 Å². The van der Waals surface area contributed by atoms with Crippen LogP contribution in [0.25, 0.3) is 0 Å². The lowest BCUT2D eigenvalue weighted by atomic mass is 10.3. The minimum Gasteiger partial charge on any atom is -0.480 e. The number of aliphatic hydroxyl groups is 1. The second-order valence-corrected chi connectivity index (χ2v) is 6.17. The predicted octanol–water partition coefficient (Wildman–Crippen LogP) is 1.07. The lowest BCUT2D eigenvalue weighted by Gasteiger charge is -2.23. The van der Waals surface area contributed by atoms with Crippen LogP contribution in [0.4, 0.5) is 0 Å². The molecule has 0 bridgehead atoms. The highest BCUT2D eigenvalue weighted by atomic mass is 31.1. The molecule has 3 N–H and O–H groups in total. The van der Waals surface area contributed by atoms with Gasteiger partial charge < -0.3 is 10.2 Å². The quantitative estimate of drug-likeness (QED) is 0.696. The molecule has 2 aromatic rings. The Hall–Kier alpha value is -1.74. The van der Waals surface area contributed by atoms with E-state index in [9.17, 15) is 9.90 Å². The largest absolute Gasteiger partial charge is 0.480 e. The molecule has 20 heavy (non-hydrogen) atoms. The fourth-order valence-corrected chi connectivity index (χ4v) is 3.82. The Morgan fingerprint density at radius 1 is 1.00 bits per heavy atom. The lowest BCUT2D eigenvalue weighted by molar-refractivity contribution is -0.139. The van der Waals surface area contributed by atoms with E-state index in [-0.39, 0.29) is 0 Å². The highest BCUT2D eigenvalue weighted by Gasteiger charge is 2.22. The van der Waals surface area contributed by atoms with Gasteiger partial charge in [0, 0.05) is 8.07 Å². The third-order valence-electron chi connectivity index (χ3n) is 2.79. The second-order valence-electron chi connectivity index (χ2n) is 4.21. The van der Waals surface area contributed by atoms with Crippen LogP contribution >= 0.6 is 8.07 Å². The molecule has 4 nitrogen and oxygen atoms in total. The maximum atomic E-state index is 11.1. The second kappa shape index (κ2) is 7.15. The summed E-state index contributed by atoms with van der Waals surface area (Å²) in [5.41, 5.74) is 0. The Morgan fingerprint density at radius 2 is 1.45 bits per heavy atom. The van der Waals surface area contributed by atoms with Crippen molar-refractivity contribution in [1.82, 2.24) is 5.09 Å². The van der Waals surface area contributed by atoms with Gasteiger partial charge in [0.2, 0.25) is 0 Å². The Morgan fingerprint density at radius 3 is 1.80 bits per heavy atom. The van der Waals surface area contributed by atoms with Crippen LogP contribution in [0.1, 0.15) is 0 Å². The fourth-order valence-electron chi connectivity index (χ4n) is 1.78. The van der Waals surface area contributed by atoms with E-state index in [0.29, 0.717) is 0 Å². The first kappa shape index (κ1) is 14.7. The number of aliphatic hydroxyl groups excluding tert-OH is 1. The first-order valence-corrected chi connectivity index (χ1v) is 7.56. The molecule has 5 heteroatoms. The molecule has 0 fully saturated rings. The molecule has 1 atom stereocenters. The average Bonchev–Trinajstić information content (AvgIpc) is 2.50.